The first kappa shape index (κ1) is 35.8. The minimum Gasteiger partial charge on any atom is -0.462 e. The smallest absolute Gasteiger partial charge is 0.306 e. The van der Waals surface area contributed by atoms with E-state index in [-0.39, 0.29) is 12.1 Å². The van der Waals surface area contributed by atoms with Crippen LogP contribution in [-0.4, -0.2) is 12.1 Å². The molecule has 4 aliphatic rings. The summed E-state index contributed by atoms with van der Waals surface area (Å²) in [6.45, 7) is 14.8. The first-order valence-electron chi connectivity index (χ1n) is 22.0. The van der Waals surface area contributed by atoms with E-state index in [2.05, 4.69) is 47.6 Å². The maximum absolute atomic E-state index is 12.8. The van der Waals surface area contributed by atoms with E-state index >= 15 is 0 Å². The molecule has 0 saturated heterocycles. The van der Waals surface area contributed by atoms with Gasteiger partial charge in [-0.1, -0.05) is 136 Å². The molecule has 47 heavy (non-hydrogen) atoms. The Balaban J connectivity index is 1.13. The largest absolute Gasteiger partial charge is 0.462 e. The van der Waals surface area contributed by atoms with Crippen LogP contribution in [0.1, 0.15) is 205 Å². The zero-order chi connectivity index (χ0) is 35.4. The second kappa shape index (κ2) is 19.4. The highest BCUT2D eigenvalue weighted by atomic mass is 16.5. The predicted octanol–water partition coefficient (Wildman–Crippen LogP) is 14.0. The van der Waals surface area contributed by atoms with Gasteiger partial charge in [0.1, 0.15) is 6.10 Å². The Morgan fingerprint density at radius 3 is 2.23 bits per heavy atom. The summed E-state index contributed by atoms with van der Waals surface area (Å²) in [7, 11) is 0. The monoisotopic (exact) mass is 655 g/mol. The number of unbranched alkanes of at least 4 members (excludes halogenated alkanes) is 9. The standard InChI is InChI=1S/C45H78O2/c1-7-8-9-10-11-12-13-14-15-16-17-18-19-20-21-25-43(46)47-38-30-32-44(5)37(34-38)26-27-39-41-29-28-40(36(4)24-22-23-35(2)3)45(41,6)33-31-42(39)44/h14-15,26,35-36,38-42H,7-13,16-25,27-34H2,1-6H3/i14T,15T. The average Bonchev–Trinajstić information content (AvgIpc) is 3.43. The molecule has 0 radical (unpaired) electrons. The van der Waals surface area contributed by atoms with Crippen LogP contribution >= 0.6 is 0 Å². The van der Waals surface area contributed by atoms with Gasteiger partial charge in [0.25, 0.3) is 0 Å². The lowest BCUT2D eigenvalue weighted by Crippen LogP contribution is -2.51. The lowest BCUT2D eigenvalue weighted by atomic mass is 9.47. The average molecular weight is 655 g/mol. The van der Waals surface area contributed by atoms with Gasteiger partial charge in [-0.3, -0.25) is 4.79 Å². The molecule has 8 atom stereocenters. The molecular formula is C45H78O2. The van der Waals surface area contributed by atoms with Crippen LogP contribution in [0.15, 0.2) is 23.8 Å². The molecule has 2 nitrogen and oxygen atoms in total. The van der Waals surface area contributed by atoms with Crippen molar-refractivity contribution in [2.75, 3.05) is 0 Å². The molecule has 8 unspecified atom stereocenters. The van der Waals surface area contributed by atoms with Gasteiger partial charge < -0.3 is 4.74 Å². The summed E-state index contributed by atoms with van der Waals surface area (Å²) in [4.78, 5) is 12.8. The molecule has 3 saturated carbocycles. The second-order valence-corrected chi connectivity index (χ2v) is 17.8. The SMILES string of the molecule is [3H]C(CCCCCCCC)=C([3H])CCCCCCCC(=O)OC1CCC2(C)C(=CCC3C2CCC2(C)C(C(C)CCCC(C)C)CCC32)C1. The third-order valence-corrected chi connectivity index (χ3v) is 14.0. The number of rotatable bonds is 21. The number of carbonyl (C=O) groups excluding carboxylic acids is 1. The minimum atomic E-state index is 0.000697. The van der Waals surface area contributed by atoms with Gasteiger partial charge in [-0.05, 0) is 123 Å². The van der Waals surface area contributed by atoms with Crippen LogP contribution in [0.3, 0.4) is 0 Å². The maximum Gasteiger partial charge on any atom is 0.306 e. The molecule has 0 aromatic rings. The van der Waals surface area contributed by atoms with Gasteiger partial charge in [-0.2, -0.15) is 0 Å². The Kier molecular flexibility index (Phi) is 14.7. The van der Waals surface area contributed by atoms with E-state index in [1.54, 1.807) is 5.57 Å². The fraction of sp³-hybridized carbons (Fsp3) is 0.889. The molecule has 2 heteroatoms. The van der Waals surface area contributed by atoms with Crippen molar-refractivity contribution in [3.8, 4) is 0 Å². The summed E-state index contributed by atoms with van der Waals surface area (Å²) < 4.78 is 22.6. The fourth-order valence-electron chi connectivity index (χ4n) is 11.2. The Morgan fingerprint density at radius 1 is 0.851 bits per heavy atom. The molecule has 0 heterocycles. The Bertz CT molecular complexity index is 1080. The molecule has 0 aromatic heterocycles. The second-order valence-electron chi connectivity index (χ2n) is 17.8. The summed E-state index contributed by atoms with van der Waals surface area (Å²) in [5.74, 6) is 5.16. The fourth-order valence-corrected chi connectivity index (χ4v) is 11.2. The number of ether oxygens (including phenoxy) is 1. The number of esters is 1. The molecule has 0 aliphatic heterocycles. The van der Waals surface area contributed by atoms with Gasteiger partial charge >= 0.3 is 5.97 Å². The van der Waals surface area contributed by atoms with Crippen LogP contribution in [-0.2, 0) is 9.53 Å². The number of hydrogen-bond acceptors (Lipinski definition) is 2. The number of carbonyl (C=O) groups is 1. The number of fused-ring (bicyclic) bond motifs is 5. The zero-order valence-electron chi connectivity index (χ0n) is 34.1. The lowest BCUT2D eigenvalue weighted by Gasteiger charge is -2.58. The molecule has 0 bridgehead atoms. The highest BCUT2D eigenvalue weighted by molar-refractivity contribution is 5.69. The van der Waals surface area contributed by atoms with Crippen LogP contribution in [0.25, 0.3) is 0 Å². The van der Waals surface area contributed by atoms with Crippen molar-refractivity contribution in [3.63, 3.8) is 0 Å². The van der Waals surface area contributed by atoms with Gasteiger partial charge in [-0.15, -0.1) is 0 Å². The molecule has 0 aromatic carbocycles. The summed E-state index contributed by atoms with van der Waals surface area (Å²) in [5, 5.41) is 0. The molecule has 0 N–H and O–H groups in total. The number of hydrogen-bond donors (Lipinski definition) is 0. The number of allylic oxidation sites excluding steroid dienone is 3. The summed E-state index contributed by atoms with van der Waals surface area (Å²) in [6, 6.07) is 1.09. The minimum absolute atomic E-state index is 0.000697. The first-order chi connectivity index (χ1) is 23.5. The summed E-state index contributed by atoms with van der Waals surface area (Å²) in [5.41, 5.74) is 2.45. The van der Waals surface area contributed by atoms with E-state index in [0.29, 0.717) is 29.4 Å². The van der Waals surface area contributed by atoms with Gasteiger partial charge in [0, 0.05) is 12.8 Å². The molecule has 4 rings (SSSR count). The Labute approximate surface area is 295 Å². The van der Waals surface area contributed by atoms with E-state index in [9.17, 15) is 4.79 Å². The van der Waals surface area contributed by atoms with Gasteiger partial charge in [0.05, 0.1) is 2.74 Å². The highest BCUT2D eigenvalue weighted by Gasteiger charge is 2.59. The van der Waals surface area contributed by atoms with Crippen LogP contribution in [0, 0.1) is 46.3 Å². The Hall–Kier alpha value is -1.05. The van der Waals surface area contributed by atoms with Crippen molar-refractivity contribution in [3.05, 3.63) is 23.8 Å². The van der Waals surface area contributed by atoms with Crippen molar-refractivity contribution in [2.45, 2.75) is 208 Å². The van der Waals surface area contributed by atoms with Crippen molar-refractivity contribution >= 4 is 5.97 Å². The predicted molar refractivity (Wildman–Crippen MR) is 202 cm³/mol. The summed E-state index contributed by atoms with van der Waals surface area (Å²) >= 11 is 0. The third-order valence-electron chi connectivity index (χ3n) is 14.0. The van der Waals surface area contributed by atoms with E-state index in [1.807, 2.05) is 0 Å². The molecule has 0 amide bonds. The van der Waals surface area contributed by atoms with E-state index in [0.717, 1.165) is 99.7 Å². The van der Waals surface area contributed by atoms with Crippen molar-refractivity contribution < 1.29 is 12.3 Å². The molecular weight excluding hydrogens is 572 g/mol. The molecule has 4 aliphatic carbocycles. The van der Waals surface area contributed by atoms with Crippen molar-refractivity contribution in [1.29, 1.82) is 0 Å². The van der Waals surface area contributed by atoms with Gasteiger partial charge in [-0.25, -0.2) is 0 Å². The van der Waals surface area contributed by atoms with E-state index in [1.165, 1.54) is 89.9 Å². The lowest BCUT2D eigenvalue weighted by molar-refractivity contribution is -0.151. The molecule has 3 fully saturated rings. The molecule has 0 spiro atoms. The van der Waals surface area contributed by atoms with Gasteiger partial charge in [0.2, 0.25) is 0 Å². The quantitative estimate of drug-likeness (QED) is 0.0699. The zero-order valence-corrected chi connectivity index (χ0v) is 32.1. The first-order valence-corrected chi connectivity index (χ1v) is 21.0. The normalized spacial score (nSPS) is 33.6. The van der Waals surface area contributed by atoms with Crippen molar-refractivity contribution in [1.82, 2.24) is 0 Å². The van der Waals surface area contributed by atoms with Gasteiger partial charge in [0.15, 0.2) is 0 Å². The van der Waals surface area contributed by atoms with Crippen LogP contribution in [0.2, 0.25) is 0 Å². The maximum atomic E-state index is 12.8. The summed E-state index contributed by atoms with van der Waals surface area (Å²) in [6.07, 6.45) is 31.6. The van der Waals surface area contributed by atoms with Crippen molar-refractivity contribution in [2.24, 2.45) is 46.3 Å². The topological polar surface area (TPSA) is 26.3 Å². The van der Waals surface area contributed by atoms with Crippen LogP contribution in [0.5, 0.6) is 0 Å². The van der Waals surface area contributed by atoms with E-state index < -0.39 is 0 Å². The third kappa shape index (κ3) is 10.7. The van der Waals surface area contributed by atoms with Crippen LogP contribution < -0.4 is 0 Å². The van der Waals surface area contributed by atoms with Crippen LogP contribution in [0.4, 0.5) is 0 Å². The highest BCUT2D eigenvalue weighted by Crippen LogP contribution is 2.67. The Morgan fingerprint density at radius 2 is 1.53 bits per heavy atom. The molecule has 270 valence electrons. The van der Waals surface area contributed by atoms with E-state index in [4.69, 9.17) is 7.48 Å².